The molecule has 0 unspecified atom stereocenters. The van der Waals surface area contributed by atoms with Crippen LogP contribution in [-0.2, 0) is 9.53 Å². The number of hydrogen-bond donors (Lipinski definition) is 1. The van der Waals surface area contributed by atoms with Gasteiger partial charge in [-0.15, -0.1) is 6.58 Å². The van der Waals surface area contributed by atoms with Crippen molar-refractivity contribution in [3.05, 3.63) is 24.4 Å². The molecule has 3 heteroatoms. The van der Waals surface area contributed by atoms with Gasteiger partial charge >= 0.3 is 5.97 Å². The molecule has 0 aromatic carbocycles. The molecule has 68 valence electrons. The average Bonchev–Trinajstić information content (AvgIpc) is 2.05. The van der Waals surface area contributed by atoms with E-state index in [0.717, 1.165) is 18.7 Å². The van der Waals surface area contributed by atoms with Crippen molar-refractivity contribution in [2.75, 3.05) is 13.7 Å². The van der Waals surface area contributed by atoms with Crippen molar-refractivity contribution in [1.82, 2.24) is 5.32 Å². The van der Waals surface area contributed by atoms with Crippen LogP contribution in [0.3, 0.4) is 0 Å². The maximum Gasteiger partial charge on any atom is 0.332 e. The molecule has 0 fully saturated rings. The van der Waals surface area contributed by atoms with E-state index < -0.39 is 0 Å². The van der Waals surface area contributed by atoms with Gasteiger partial charge in [0, 0.05) is 18.3 Å². The van der Waals surface area contributed by atoms with Crippen molar-refractivity contribution in [1.29, 1.82) is 0 Å². The highest BCUT2D eigenvalue weighted by Crippen LogP contribution is 1.88. The number of ether oxygens (including phenoxy) is 1. The molecule has 0 amide bonds. The minimum atomic E-state index is -0.335. The third-order valence-corrected chi connectivity index (χ3v) is 1.29. The Kier molecular flexibility index (Phi) is 5.79. The van der Waals surface area contributed by atoms with Crippen molar-refractivity contribution in [2.45, 2.75) is 13.3 Å². The highest BCUT2D eigenvalue weighted by Gasteiger charge is 1.94. The first-order valence-electron chi connectivity index (χ1n) is 3.81. The van der Waals surface area contributed by atoms with Gasteiger partial charge in [-0.2, -0.15) is 0 Å². The normalized spacial score (nSPS) is 10.7. The van der Waals surface area contributed by atoms with Crippen LogP contribution in [0.5, 0.6) is 0 Å². The Morgan fingerprint density at radius 3 is 2.83 bits per heavy atom. The van der Waals surface area contributed by atoms with Gasteiger partial charge in [0.2, 0.25) is 0 Å². The number of carbonyl (C=O) groups excluding carboxylic acids is 1. The minimum absolute atomic E-state index is 0.335. The molecule has 0 spiro atoms. The molecule has 0 aliphatic rings. The maximum atomic E-state index is 10.7. The third kappa shape index (κ3) is 5.53. The first-order chi connectivity index (χ1) is 5.70. The summed E-state index contributed by atoms with van der Waals surface area (Å²) in [6.45, 7) is 6.20. The lowest BCUT2D eigenvalue weighted by molar-refractivity contribution is -0.134. The fourth-order valence-corrected chi connectivity index (χ4v) is 0.658. The second-order valence-electron chi connectivity index (χ2n) is 2.35. The van der Waals surface area contributed by atoms with Crippen LogP contribution in [0.15, 0.2) is 24.4 Å². The Hall–Kier alpha value is -1.25. The molecule has 0 aromatic heterocycles. The summed E-state index contributed by atoms with van der Waals surface area (Å²) < 4.78 is 4.45. The average molecular weight is 169 g/mol. The maximum absolute atomic E-state index is 10.7. The van der Waals surface area contributed by atoms with E-state index in [-0.39, 0.29) is 5.97 Å². The number of methoxy groups -OCH3 is 1. The molecule has 0 heterocycles. The first-order valence-corrected chi connectivity index (χ1v) is 3.81. The SMILES string of the molecule is C=CCCN/C(C)=C\C(=O)OC. The second kappa shape index (κ2) is 6.46. The van der Waals surface area contributed by atoms with E-state index in [1.54, 1.807) is 0 Å². The minimum Gasteiger partial charge on any atom is -0.466 e. The van der Waals surface area contributed by atoms with Crippen LogP contribution in [0.2, 0.25) is 0 Å². The number of allylic oxidation sites excluding steroid dienone is 1. The number of carbonyl (C=O) groups is 1. The van der Waals surface area contributed by atoms with Gasteiger partial charge in [0.05, 0.1) is 7.11 Å². The zero-order valence-corrected chi connectivity index (χ0v) is 7.59. The summed E-state index contributed by atoms with van der Waals surface area (Å²) in [6.07, 6.45) is 4.12. The Bertz CT molecular complexity index is 185. The molecule has 0 aromatic rings. The molecule has 0 aliphatic heterocycles. The molecule has 0 bridgehead atoms. The summed E-state index contributed by atoms with van der Waals surface area (Å²) in [7, 11) is 1.36. The lowest BCUT2D eigenvalue weighted by Gasteiger charge is -2.02. The number of esters is 1. The largest absolute Gasteiger partial charge is 0.466 e. The molecule has 0 saturated carbocycles. The van der Waals surface area contributed by atoms with Gasteiger partial charge in [0.25, 0.3) is 0 Å². The van der Waals surface area contributed by atoms with Crippen molar-refractivity contribution < 1.29 is 9.53 Å². The molecule has 12 heavy (non-hydrogen) atoms. The molecule has 3 nitrogen and oxygen atoms in total. The molecule has 0 atom stereocenters. The fraction of sp³-hybridized carbons (Fsp3) is 0.444. The summed E-state index contributed by atoms with van der Waals surface area (Å²) in [4.78, 5) is 10.7. The number of hydrogen-bond acceptors (Lipinski definition) is 3. The van der Waals surface area contributed by atoms with E-state index in [0.29, 0.717) is 0 Å². The summed E-state index contributed by atoms with van der Waals surface area (Å²) in [6, 6.07) is 0. The van der Waals surface area contributed by atoms with Crippen LogP contribution in [0.4, 0.5) is 0 Å². The van der Waals surface area contributed by atoms with Gasteiger partial charge in [-0.05, 0) is 13.3 Å². The lowest BCUT2D eigenvalue weighted by Crippen LogP contribution is -2.13. The zero-order valence-electron chi connectivity index (χ0n) is 7.59. The third-order valence-electron chi connectivity index (χ3n) is 1.29. The van der Waals surface area contributed by atoms with E-state index in [1.807, 2.05) is 13.0 Å². The van der Waals surface area contributed by atoms with Gasteiger partial charge in [-0.25, -0.2) is 4.79 Å². The molecular formula is C9H15NO2. The smallest absolute Gasteiger partial charge is 0.332 e. The predicted molar refractivity (Wildman–Crippen MR) is 48.6 cm³/mol. The highest BCUT2D eigenvalue weighted by molar-refractivity contribution is 5.82. The Labute approximate surface area is 73.1 Å². The fourth-order valence-electron chi connectivity index (χ4n) is 0.658. The van der Waals surface area contributed by atoms with E-state index in [1.165, 1.54) is 13.2 Å². The Morgan fingerprint density at radius 2 is 2.33 bits per heavy atom. The monoisotopic (exact) mass is 169 g/mol. The molecule has 0 radical (unpaired) electrons. The second-order valence-corrected chi connectivity index (χ2v) is 2.35. The molecule has 0 saturated heterocycles. The van der Waals surface area contributed by atoms with Crippen LogP contribution in [0, 0.1) is 0 Å². The number of nitrogens with one attached hydrogen (secondary N) is 1. The van der Waals surface area contributed by atoms with Crippen molar-refractivity contribution in [3.8, 4) is 0 Å². The van der Waals surface area contributed by atoms with Crippen LogP contribution in [0.25, 0.3) is 0 Å². The van der Waals surface area contributed by atoms with Crippen molar-refractivity contribution in [3.63, 3.8) is 0 Å². The Morgan fingerprint density at radius 1 is 1.67 bits per heavy atom. The zero-order chi connectivity index (χ0) is 9.40. The van der Waals surface area contributed by atoms with Crippen LogP contribution in [-0.4, -0.2) is 19.6 Å². The van der Waals surface area contributed by atoms with Crippen LogP contribution >= 0.6 is 0 Å². The first kappa shape index (κ1) is 10.8. The van der Waals surface area contributed by atoms with E-state index in [4.69, 9.17) is 0 Å². The summed E-state index contributed by atoms with van der Waals surface area (Å²) in [5.41, 5.74) is 0.809. The quantitative estimate of drug-likeness (QED) is 0.291. The Balaban J connectivity index is 3.69. The molecule has 0 aliphatic carbocycles. The van der Waals surface area contributed by atoms with E-state index in [2.05, 4.69) is 16.6 Å². The standard InChI is InChI=1S/C9H15NO2/c1-4-5-6-10-8(2)7-9(11)12-3/h4,7,10H,1,5-6H2,2-3H3/b8-7-. The predicted octanol–water partition coefficient (Wildman–Crippen LogP) is 1.23. The summed E-state index contributed by atoms with van der Waals surface area (Å²) >= 11 is 0. The van der Waals surface area contributed by atoms with E-state index >= 15 is 0 Å². The lowest BCUT2D eigenvalue weighted by atomic mass is 10.4. The summed E-state index contributed by atoms with van der Waals surface area (Å²) in [5, 5.41) is 3.04. The molecular weight excluding hydrogens is 154 g/mol. The molecule has 0 rings (SSSR count). The molecule has 1 N–H and O–H groups in total. The van der Waals surface area contributed by atoms with Gasteiger partial charge in [0.1, 0.15) is 0 Å². The van der Waals surface area contributed by atoms with Crippen molar-refractivity contribution in [2.24, 2.45) is 0 Å². The van der Waals surface area contributed by atoms with Gasteiger partial charge in [0.15, 0.2) is 0 Å². The topological polar surface area (TPSA) is 38.3 Å². The van der Waals surface area contributed by atoms with Gasteiger partial charge < -0.3 is 10.1 Å². The van der Waals surface area contributed by atoms with Crippen molar-refractivity contribution >= 4 is 5.97 Å². The highest BCUT2D eigenvalue weighted by atomic mass is 16.5. The van der Waals surface area contributed by atoms with Crippen LogP contribution < -0.4 is 5.32 Å². The summed E-state index contributed by atoms with van der Waals surface area (Å²) in [5.74, 6) is -0.335. The van der Waals surface area contributed by atoms with Gasteiger partial charge in [-0.3, -0.25) is 0 Å². The van der Waals surface area contributed by atoms with Gasteiger partial charge in [-0.1, -0.05) is 6.08 Å². The van der Waals surface area contributed by atoms with Crippen LogP contribution in [0.1, 0.15) is 13.3 Å². The number of rotatable bonds is 5. The van der Waals surface area contributed by atoms with E-state index in [9.17, 15) is 4.79 Å².